The summed E-state index contributed by atoms with van der Waals surface area (Å²) < 4.78 is 0. The van der Waals surface area contributed by atoms with Crippen molar-refractivity contribution in [3.05, 3.63) is 12.2 Å². The molecule has 0 radical (unpaired) electrons. The normalized spacial score (nSPS) is 25.4. The van der Waals surface area contributed by atoms with E-state index in [0.717, 1.165) is 19.3 Å². The van der Waals surface area contributed by atoms with Crippen LogP contribution in [0.4, 0.5) is 0 Å². The lowest BCUT2D eigenvalue weighted by molar-refractivity contribution is -0.105. The van der Waals surface area contributed by atoms with Gasteiger partial charge in [-0.1, -0.05) is 6.58 Å². The van der Waals surface area contributed by atoms with Gasteiger partial charge in [-0.3, -0.25) is 9.69 Å². The third-order valence-electron chi connectivity index (χ3n) is 1.84. The smallest absolute Gasteiger partial charge is 0.146 e. The van der Waals surface area contributed by atoms with Gasteiger partial charge in [-0.15, -0.1) is 0 Å². The molecular formula is C8H13NO2. The zero-order valence-electron chi connectivity index (χ0n) is 6.49. The van der Waals surface area contributed by atoms with Crippen LogP contribution in [0.3, 0.4) is 0 Å². The van der Waals surface area contributed by atoms with Crippen LogP contribution in [0, 0.1) is 0 Å². The fourth-order valence-corrected chi connectivity index (χ4v) is 1.28. The van der Waals surface area contributed by atoms with E-state index in [1.54, 1.807) is 0 Å². The summed E-state index contributed by atoms with van der Waals surface area (Å²) in [7, 11) is 0. The van der Waals surface area contributed by atoms with E-state index < -0.39 is 0 Å². The first-order valence-corrected chi connectivity index (χ1v) is 3.75. The van der Waals surface area contributed by atoms with Crippen LogP contribution in [-0.4, -0.2) is 42.0 Å². The number of carbonyl (C=O) groups excluding carboxylic acids is 1. The Hall–Kier alpha value is -0.670. The molecule has 1 fully saturated rings. The van der Waals surface area contributed by atoms with Crippen LogP contribution in [0.1, 0.15) is 6.42 Å². The Morgan fingerprint density at radius 3 is 3.00 bits per heavy atom. The van der Waals surface area contributed by atoms with Crippen molar-refractivity contribution >= 4 is 6.29 Å². The number of rotatable bonds is 3. The van der Waals surface area contributed by atoms with Crippen molar-refractivity contribution in [3.8, 4) is 0 Å². The summed E-state index contributed by atoms with van der Waals surface area (Å²) in [6, 6.07) is 0. The Labute approximate surface area is 66.3 Å². The molecule has 1 atom stereocenters. The maximum atomic E-state index is 10.2. The van der Waals surface area contributed by atoms with Crippen molar-refractivity contribution in [2.75, 3.05) is 19.6 Å². The zero-order chi connectivity index (χ0) is 8.27. The molecule has 3 nitrogen and oxygen atoms in total. The standard InChI is InChI=1S/C8H13NO2/c1-7(6-10)4-9-3-2-8(11)5-9/h6,8,11H,1-5H2/t8-/m0/s1. The predicted molar refractivity (Wildman–Crippen MR) is 42.3 cm³/mol. The van der Waals surface area contributed by atoms with E-state index in [2.05, 4.69) is 6.58 Å². The number of hydrogen-bond acceptors (Lipinski definition) is 3. The van der Waals surface area contributed by atoms with Crippen LogP contribution in [-0.2, 0) is 4.79 Å². The Kier molecular flexibility index (Phi) is 2.79. The maximum absolute atomic E-state index is 10.2. The first-order valence-electron chi connectivity index (χ1n) is 3.75. The topological polar surface area (TPSA) is 40.5 Å². The minimum absolute atomic E-state index is 0.213. The molecule has 0 aromatic rings. The van der Waals surface area contributed by atoms with Crippen molar-refractivity contribution in [1.29, 1.82) is 0 Å². The zero-order valence-corrected chi connectivity index (χ0v) is 6.49. The van der Waals surface area contributed by atoms with Crippen LogP contribution in [0.15, 0.2) is 12.2 Å². The predicted octanol–water partition coefficient (Wildman–Crippen LogP) is -0.192. The lowest BCUT2D eigenvalue weighted by atomic mass is 10.3. The summed E-state index contributed by atoms with van der Waals surface area (Å²) in [5.41, 5.74) is 0.583. The number of nitrogens with zero attached hydrogens (tertiary/aromatic N) is 1. The van der Waals surface area contributed by atoms with Gasteiger partial charge < -0.3 is 5.11 Å². The molecule has 3 heteroatoms. The van der Waals surface area contributed by atoms with Gasteiger partial charge in [-0.25, -0.2) is 0 Å². The Bertz CT molecular complexity index is 167. The first-order chi connectivity index (χ1) is 5.22. The molecule has 62 valence electrons. The maximum Gasteiger partial charge on any atom is 0.146 e. The summed E-state index contributed by atoms with van der Waals surface area (Å²) in [5.74, 6) is 0. The van der Waals surface area contributed by atoms with E-state index in [4.69, 9.17) is 5.11 Å². The molecule has 0 unspecified atom stereocenters. The van der Waals surface area contributed by atoms with Crippen LogP contribution >= 0.6 is 0 Å². The summed E-state index contributed by atoms with van der Waals surface area (Å²) in [5, 5.41) is 9.13. The Morgan fingerprint density at radius 2 is 2.55 bits per heavy atom. The van der Waals surface area contributed by atoms with E-state index in [9.17, 15) is 4.79 Å². The van der Waals surface area contributed by atoms with Crippen molar-refractivity contribution in [3.63, 3.8) is 0 Å². The molecule has 0 spiro atoms. The average Bonchev–Trinajstić information content (AvgIpc) is 2.35. The van der Waals surface area contributed by atoms with Crippen LogP contribution in [0.2, 0.25) is 0 Å². The summed E-state index contributed by atoms with van der Waals surface area (Å²) in [6.45, 7) is 5.71. The SMILES string of the molecule is C=C(C=O)CN1CC[C@H](O)C1. The van der Waals surface area contributed by atoms with Crippen molar-refractivity contribution in [1.82, 2.24) is 4.90 Å². The highest BCUT2D eigenvalue weighted by Gasteiger charge is 2.19. The Morgan fingerprint density at radius 1 is 1.82 bits per heavy atom. The van der Waals surface area contributed by atoms with Gasteiger partial charge >= 0.3 is 0 Å². The van der Waals surface area contributed by atoms with E-state index in [0.29, 0.717) is 18.7 Å². The molecule has 0 amide bonds. The highest BCUT2D eigenvalue weighted by atomic mass is 16.3. The van der Waals surface area contributed by atoms with Crippen LogP contribution in [0.25, 0.3) is 0 Å². The van der Waals surface area contributed by atoms with Gasteiger partial charge in [-0.2, -0.15) is 0 Å². The summed E-state index contributed by atoms with van der Waals surface area (Å²) >= 11 is 0. The Balaban J connectivity index is 2.28. The largest absolute Gasteiger partial charge is 0.392 e. The highest BCUT2D eigenvalue weighted by Crippen LogP contribution is 2.09. The van der Waals surface area contributed by atoms with Gasteiger partial charge in [0.05, 0.1) is 6.10 Å². The van der Waals surface area contributed by atoms with Gasteiger partial charge in [0.25, 0.3) is 0 Å². The number of likely N-dealkylation sites (tertiary alicyclic amines) is 1. The molecule has 1 N–H and O–H groups in total. The van der Waals surface area contributed by atoms with Crippen molar-refractivity contribution < 1.29 is 9.90 Å². The lowest BCUT2D eigenvalue weighted by Crippen LogP contribution is -2.24. The van der Waals surface area contributed by atoms with Gasteiger partial charge in [-0.05, 0) is 12.0 Å². The second-order valence-corrected chi connectivity index (χ2v) is 2.95. The van der Waals surface area contributed by atoms with Gasteiger partial charge in [0.1, 0.15) is 6.29 Å². The number of aliphatic hydroxyl groups is 1. The molecule has 1 heterocycles. The molecule has 1 rings (SSSR count). The second kappa shape index (κ2) is 3.64. The molecule has 0 aromatic carbocycles. The number of aldehydes is 1. The van der Waals surface area contributed by atoms with Crippen molar-refractivity contribution in [2.24, 2.45) is 0 Å². The number of hydrogen-bond donors (Lipinski definition) is 1. The van der Waals surface area contributed by atoms with Gasteiger partial charge in [0.15, 0.2) is 0 Å². The van der Waals surface area contributed by atoms with Gasteiger partial charge in [0, 0.05) is 19.6 Å². The molecule has 0 aliphatic carbocycles. The fourth-order valence-electron chi connectivity index (χ4n) is 1.28. The minimum atomic E-state index is -0.213. The second-order valence-electron chi connectivity index (χ2n) is 2.95. The molecule has 1 aliphatic heterocycles. The molecule has 11 heavy (non-hydrogen) atoms. The number of carbonyl (C=O) groups is 1. The molecule has 1 aliphatic rings. The molecule has 1 saturated heterocycles. The molecule has 0 saturated carbocycles. The summed E-state index contributed by atoms with van der Waals surface area (Å²) in [4.78, 5) is 12.2. The van der Waals surface area contributed by atoms with Crippen LogP contribution in [0.5, 0.6) is 0 Å². The van der Waals surface area contributed by atoms with E-state index in [-0.39, 0.29) is 6.10 Å². The van der Waals surface area contributed by atoms with E-state index in [1.165, 1.54) is 0 Å². The third kappa shape index (κ3) is 2.44. The van der Waals surface area contributed by atoms with Gasteiger partial charge in [0.2, 0.25) is 0 Å². The molecule has 0 bridgehead atoms. The average molecular weight is 155 g/mol. The first kappa shape index (κ1) is 8.43. The number of aliphatic hydroxyl groups excluding tert-OH is 1. The van der Waals surface area contributed by atoms with E-state index >= 15 is 0 Å². The highest BCUT2D eigenvalue weighted by molar-refractivity contribution is 5.72. The minimum Gasteiger partial charge on any atom is -0.392 e. The van der Waals surface area contributed by atoms with E-state index in [1.807, 2.05) is 4.90 Å². The third-order valence-corrected chi connectivity index (χ3v) is 1.84. The van der Waals surface area contributed by atoms with Crippen LogP contribution < -0.4 is 0 Å². The monoisotopic (exact) mass is 155 g/mol. The lowest BCUT2D eigenvalue weighted by Gasteiger charge is -2.12. The van der Waals surface area contributed by atoms with Crippen molar-refractivity contribution in [2.45, 2.75) is 12.5 Å². The number of β-amino-alcohol motifs (C(OH)–C–C–N with tert-alkyl or cyclic N) is 1. The summed E-state index contributed by atoms with van der Waals surface area (Å²) in [6.07, 6.45) is 1.37. The fraction of sp³-hybridized carbons (Fsp3) is 0.625. The molecule has 0 aromatic heterocycles. The molecular weight excluding hydrogens is 142 g/mol. The quantitative estimate of drug-likeness (QED) is 0.453.